The Balaban J connectivity index is 3.59. The largest absolute Gasteiger partial charge is 0.0991 e. The van der Waals surface area contributed by atoms with Crippen molar-refractivity contribution in [3.8, 4) is 0 Å². The average Bonchev–Trinajstić information content (AvgIpc) is 2.63. The van der Waals surface area contributed by atoms with E-state index in [1.807, 2.05) is 60.8 Å². The maximum absolute atomic E-state index is 3.62. The van der Waals surface area contributed by atoms with E-state index in [0.717, 1.165) is 0 Å². The summed E-state index contributed by atoms with van der Waals surface area (Å²) < 4.78 is 0. The summed E-state index contributed by atoms with van der Waals surface area (Å²) in [5.41, 5.74) is 0. The Hall–Kier alpha value is -2.08. The lowest BCUT2D eigenvalue weighted by Gasteiger charge is -1.98. The van der Waals surface area contributed by atoms with Crippen molar-refractivity contribution in [3.05, 3.63) is 97.7 Å². The highest BCUT2D eigenvalue weighted by Gasteiger charge is 1.88. The SMILES string of the molecule is C=C/C=C/C=C/C=C/C=C/C=C/C=C/C=C/CCCCCCCCC. The molecular formula is C25H36. The molecule has 0 aliphatic rings. The van der Waals surface area contributed by atoms with Crippen LogP contribution in [0.3, 0.4) is 0 Å². The van der Waals surface area contributed by atoms with E-state index in [1.54, 1.807) is 6.08 Å². The summed E-state index contributed by atoms with van der Waals surface area (Å²) >= 11 is 0. The molecule has 0 bridgehead atoms. The van der Waals surface area contributed by atoms with Gasteiger partial charge in [-0.15, -0.1) is 0 Å². The van der Waals surface area contributed by atoms with Gasteiger partial charge in [0.15, 0.2) is 0 Å². The minimum Gasteiger partial charge on any atom is -0.0991 e. The lowest BCUT2D eigenvalue weighted by molar-refractivity contribution is 0.592. The third kappa shape index (κ3) is 21.9. The predicted octanol–water partition coefficient (Wildman–Crippen LogP) is 8.21. The highest BCUT2D eigenvalue weighted by molar-refractivity contribution is 5.21. The number of hydrogen-bond donors (Lipinski definition) is 0. The van der Waals surface area contributed by atoms with Gasteiger partial charge < -0.3 is 0 Å². The molecule has 0 atom stereocenters. The van der Waals surface area contributed by atoms with E-state index < -0.39 is 0 Å². The summed E-state index contributed by atoms with van der Waals surface area (Å²) in [6.45, 7) is 5.88. The van der Waals surface area contributed by atoms with Crippen LogP contribution < -0.4 is 0 Å². The molecular weight excluding hydrogens is 300 g/mol. The van der Waals surface area contributed by atoms with E-state index >= 15 is 0 Å². The van der Waals surface area contributed by atoms with E-state index in [4.69, 9.17) is 0 Å². The van der Waals surface area contributed by atoms with Crippen molar-refractivity contribution in [1.29, 1.82) is 0 Å². The van der Waals surface area contributed by atoms with E-state index in [1.165, 1.54) is 51.4 Å². The van der Waals surface area contributed by atoms with Gasteiger partial charge in [-0.1, -0.05) is 143 Å². The van der Waals surface area contributed by atoms with Gasteiger partial charge in [-0.05, 0) is 12.8 Å². The van der Waals surface area contributed by atoms with Crippen molar-refractivity contribution in [2.24, 2.45) is 0 Å². The molecule has 0 saturated carbocycles. The van der Waals surface area contributed by atoms with Gasteiger partial charge in [0.25, 0.3) is 0 Å². The summed E-state index contributed by atoms with van der Waals surface area (Å²) in [5.74, 6) is 0. The van der Waals surface area contributed by atoms with Crippen LogP contribution >= 0.6 is 0 Å². The van der Waals surface area contributed by atoms with Gasteiger partial charge >= 0.3 is 0 Å². The first-order valence-corrected chi connectivity index (χ1v) is 9.69. The zero-order valence-electron chi connectivity index (χ0n) is 16.0. The molecule has 0 N–H and O–H groups in total. The molecule has 0 spiro atoms. The molecule has 0 unspecified atom stereocenters. The molecule has 136 valence electrons. The van der Waals surface area contributed by atoms with Gasteiger partial charge in [0.1, 0.15) is 0 Å². The minimum absolute atomic E-state index is 1.20. The molecule has 0 aromatic heterocycles. The van der Waals surface area contributed by atoms with Gasteiger partial charge in [0.05, 0.1) is 0 Å². The molecule has 0 heteroatoms. The number of allylic oxidation sites excluding steroid dienone is 15. The Morgan fingerprint density at radius 1 is 0.480 bits per heavy atom. The van der Waals surface area contributed by atoms with Crippen molar-refractivity contribution in [3.63, 3.8) is 0 Å². The molecule has 0 saturated heterocycles. The molecule has 0 heterocycles. The minimum atomic E-state index is 1.20. The Kier molecular flexibility index (Phi) is 20.1. The summed E-state index contributed by atoms with van der Waals surface area (Å²) in [6, 6.07) is 0. The zero-order chi connectivity index (χ0) is 18.3. The number of unbranched alkanes of at least 4 members (excludes halogenated alkanes) is 7. The van der Waals surface area contributed by atoms with Gasteiger partial charge in [-0.3, -0.25) is 0 Å². The van der Waals surface area contributed by atoms with Crippen molar-refractivity contribution in [2.75, 3.05) is 0 Å². The Bertz CT molecular complexity index is 478. The van der Waals surface area contributed by atoms with Crippen molar-refractivity contribution >= 4 is 0 Å². The second-order valence-corrected chi connectivity index (χ2v) is 5.88. The van der Waals surface area contributed by atoms with Crippen molar-refractivity contribution in [1.82, 2.24) is 0 Å². The first-order valence-electron chi connectivity index (χ1n) is 9.69. The molecule has 0 aromatic carbocycles. The van der Waals surface area contributed by atoms with E-state index in [-0.39, 0.29) is 0 Å². The highest BCUT2D eigenvalue weighted by Crippen LogP contribution is 2.08. The normalized spacial score (nSPS) is 13.3. The quantitative estimate of drug-likeness (QED) is 0.209. The molecule has 0 radical (unpaired) electrons. The first-order chi connectivity index (χ1) is 12.4. The van der Waals surface area contributed by atoms with E-state index in [2.05, 4.69) is 37.8 Å². The Morgan fingerprint density at radius 3 is 1.36 bits per heavy atom. The Morgan fingerprint density at radius 2 is 0.880 bits per heavy atom. The molecule has 0 aromatic rings. The summed E-state index contributed by atoms with van der Waals surface area (Å²) in [4.78, 5) is 0. The lowest BCUT2D eigenvalue weighted by Crippen LogP contribution is -1.78. The maximum atomic E-state index is 3.62. The fourth-order valence-corrected chi connectivity index (χ4v) is 2.18. The fraction of sp³-hybridized carbons (Fsp3) is 0.360. The average molecular weight is 337 g/mol. The van der Waals surface area contributed by atoms with E-state index in [0.29, 0.717) is 0 Å². The summed E-state index contributed by atoms with van der Waals surface area (Å²) in [5, 5.41) is 0. The lowest BCUT2D eigenvalue weighted by atomic mass is 10.1. The monoisotopic (exact) mass is 336 g/mol. The van der Waals surface area contributed by atoms with Crippen LogP contribution in [-0.4, -0.2) is 0 Å². The molecule has 25 heavy (non-hydrogen) atoms. The molecule has 0 fully saturated rings. The maximum Gasteiger partial charge on any atom is -0.0348 e. The predicted molar refractivity (Wildman–Crippen MR) is 117 cm³/mol. The van der Waals surface area contributed by atoms with Crippen molar-refractivity contribution < 1.29 is 0 Å². The van der Waals surface area contributed by atoms with Crippen LogP contribution in [-0.2, 0) is 0 Å². The fourth-order valence-electron chi connectivity index (χ4n) is 2.18. The smallest absolute Gasteiger partial charge is 0.0348 e. The van der Waals surface area contributed by atoms with E-state index in [9.17, 15) is 0 Å². The number of rotatable bonds is 15. The second kappa shape index (κ2) is 21.9. The molecule has 0 rings (SSSR count). The van der Waals surface area contributed by atoms with Crippen LogP contribution in [0.4, 0.5) is 0 Å². The number of hydrogen-bond acceptors (Lipinski definition) is 0. The van der Waals surface area contributed by atoms with Crippen LogP contribution in [0.2, 0.25) is 0 Å². The van der Waals surface area contributed by atoms with Gasteiger partial charge in [-0.25, -0.2) is 0 Å². The third-order valence-electron chi connectivity index (χ3n) is 3.58. The topological polar surface area (TPSA) is 0 Å². The van der Waals surface area contributed by atoms with Crippen LogP contribution in [0.5, 0.6) is 0 Å². The Labute approximate surface area is 156 Å². The zero-order valence-corrected chi connectivity index (χ0v) is 16.0. The van der Waals surface area contributed by atoms with Crippen molar-refractivity contribution in [2.45, 2.75) is 58.3 Å². The van der Waals surface area contributed by atoms with Crippen LogP contribution in [0.1, 0.15) is 58.3 Å². The summed E-state index contributed by atoms with van der Waals surface area (Å²) in [7, 11) is 0. The van der Waals surface area contributed by atoms with Crippen LogP contribution in [0, 0.1) is 0 Å². The molecule has 0 amide bonds. The van der Waals surface area contributed by atoms with Crippen LogP contribution in [0.15, 0.2) is 97.7 Å². The summed E-state index contributed by atoms with van der Waals surface area (Å²) in [6.07, 6.45) is 41.1. The third-order valence-corrected chi connectivity index (χ3v) is 3.58. The molecule has 0 nitrogen and oxygen atoms in total. The first kappa shape index (κ1) is 22.9. The standard InChI is InChI=1S/C25H36/c1-3-5-7-9-11-13-15-17-19-21-23-25-24-22-20-18-16-14-12-10-8-6-4-2/h3,5,7,9,11,13,15,17,19-25H,1,4,6,8,10,12,14,16,18H2,2H3/b7-5+,11-9+,15-13+,19-17+,22-20+,23-21+,25-24+. The van der Waals surface area contributed by atoms with Gasteiger partial charge in [0, 0.05) is 0 Å². The molecule has 0 aliphatic heterocycles. The van der Waals surface area contributed by atoms with Crippen LogP contribution in [0.25, 0.3) is 0 Å². The van der Waals surface area contributed by atoms with Gasteiger partial charge in [0.2, 0.25) is 0 Å². The van der Waals surface area contributed by atoms with Gasteiger partial charge in [-0.2, -0.15) is 0 Å². The molecule has 0 aliphatic carbocycles. The second-order valence-electron chi connectivity index (χ2n) is 5.88. The highest BCUT2D eigenvalue weighted by atomic mass is 13.9.